The first kappa shape index (κ1) is 38.3. The summed E-state index contributed by atoms with van der Waals surface area (Å²) in [6.45, 7) is 8.53. The molecule has 0 aliphatic heterocycles. The van der Waals surface area contributed by atoms with Crippen molar-refractivity contribution in [1.82, 2.24) is 0 Å². The molecule has 0 fully saturated rings. The van der Waals surface area contributed by atoms with E-state index in [4.69, 9.17) is 12.6 Å². The molecule has 0 N–H and O–H groups in total. The molecular weight excluding hydrogens is 777 g/mol. The van der Waals surface area contributed by atoms with Crippen LogP contribution in [-0.2, 0) is 0 Å². The molecule has 0 unspecified atom stereocenters. The number of hydrogen-bond donors (Lipinski definition) is 1. The van der Waals surface area contributed by atoms with Crippen molar-refractivity contribution in [2.24, 2.45) is 0 Å². The van der Waals surface area contributed by atoms with Crippen LogP contribution in [0.2, 0.25) is 0 Å². The molecular formula is C46H38S7. The quantitative estimate of drug-likeness (QED) is 0.121. The Morgan fingerprint density at radius 3 is 0.623 bits per heavy atom. The minimum Gasteiger partial charge on any atom is -0.143 e. The van der Waals surface area contributed by atoms with Crippen LogP contribution >= 0.6 is 83.2 Å². The number of aryl methyl sites for hydroxylation is 4. The SMILES string of the molecule is Cc1ccc(Sc2cc(Sc3ccc(C)cc3)cc(Sc3cc(S)cc(Sc4cc(Sc5ccc(C)cc5)cc(Sc5ccc(C)cc5)c4)c3)c2)cc1. The summed E-state index contributed by atoms with van der Waals surface area (Å²) >= 11 is 15.7. The van der Waals surface area contributed by atoms with Crippen LogP contribution in [0.1, 0.15) is 22.3 Å². The lowest BCUT2D eigenvalue weighted by Crippen LogP contribution is -1.84. The van der Waals surface area contributed by atoms with Crippen LogP contribution in [-0.4, -0.2) is 0 Å². The average molecular weight is 815 g/mol. The van der Waals surface area contributed by atoms with Crippen molar-refractivity contribution in [2.75, 3.05) is 0 Å². The third-order valence-corrected chi connectivity index (χ3v) is 14.1. The van der Waals surface area contributed by atoms with E-state index in [1.54, 1.807) is 23.5 Å². The Balaban J connectivity index is 1.17. The zero-order valence-corrected chi connectivity index (χ0v) is 35.6. The Hall–Kier alpha value is -3.01. The van der Waals surface area contributed by atoms with E-state index in [9.17, 15) is 0 Å². The Labute approximate surface area is 345 Å². The van der Waals surface area contributed by atoms with Gasteiger partial charge in [0.15, 0.2) is 0 Å². The fourth-order valence-corrected chi connectivity index (χ4v) is 12.0. The van der Waals surface area contributed by atoms with E-state index in [-0.39, 0.29) is 0 Å². The van der Waals surface area contributed by atoms with Crippen LogP contribution < -0.4 is 0 Å². The van der Waals surface area contributed by atoms with Crippen molar-refractivity contribution in [1.29, 1.82) is 0 Å². The first-order valence-corrected chi connectivity index (χ1v) is 22.5. The van der Waals surface area contributed by atoms with Crippen molar-refractivity contribution in [2.45, 2.75) is 91.3 Å². The molecule has 7 rings (SSSR count). The molecule has 0 nitrogen and oxygen atoms in total. The van der Waals surface area contributed by atoms with Gasteiger partial charge >= 0.3 is 0 Å². The van der Waals surface area contributed by atoms with Crippen molar-refractivity contribution in [3.63, 3.8) is 0 Å². The number of thiol groups is 1. The first-order chi connectivity index (χ1) is 25.7. The van der Waals surface area contributed by atoms with E-state index in [1.807, 2.05) is 47.0 Å². The van der Waals surface area contributed by atoms with Gasteiger partial charge in [-0.2, -0.15) is 0 Å². The first-order valence-electron chi connectivity index (χ1n) is 17.2. The fraction of sp³-hybridized carbons (Fsp3) is 0.0870. The molecule has 0 aliphatic rings. The highest BCUT2D eigenvalue weighted by Gasteiger charge is 2.12. The highest BCUT2D eigenvalue weighted by molar-refractivity contribution is 8.01. The maximum absolute atomic E-state index is 4.89. The van der Waals surface area contributed by atoms with Gasteiger partial charge in [-0.05, 0) is 131 Å². The summed E-state index contributed by atoms with van der Waals surface area (Å²) in [5, 5.41) is 0. The topological polar surface area (TPSA) is 0 Å². The molecule has 0 saturated carbocycles. The summed E-state index contributed by atoms with van der Waals surface area (Å²) in [4.78, 5) is 15.6. The third kappa shape index (κ3) is 11.5. The summed E-state index contributed by atoms with van der Waals surface area (Å²) in [5.74, 6) is 0. The summed E-state index contributed by atoms with van der Waals surface area (Å²) in [5.41, 5.74) is 5.08. The van der Waals surface area contributed by atoms with Crippen molar-refractivity contribution >= 4 is 83.2 Å². The number of rotatable bonds is 12. The van der Waals surface area contributed by atoms with Crippen molar-refractivity contribution < 1.29 is 0 Å². The average Bonchev–Trinajstić information content (AvgIpc) is 3.12. The van der Waals surface area contributed by atoms with E-state index < -0.39 is 0 Å². The van der Waals surface area contributed by atoms with Crippen LogP contribution in [0.4, 0.5) is 0 Å². The third-order valence-electron chi connectivity index (χ3n) is 8.07. The second-order valence-electron chi connectivity index (χ2n) is 12.8. The predicted molar refractivity (Wildman–Crippen MR) is 236 cm³/mol. The Bertz CT molecular complexity index is 2020. The second-order valence-corrected chi connectivity index (χ2v) is 20.2. The van der Waals surface area contributed by atoms with E-state index in [0.717, 1.165) is 4.90 Å². The molecule has 0 bridgehead atoms. The molecule has 7 aromatic carbocycles. The fourth-order valence-electron chi connectivity index (χ4n) is 5.36. The molecule has 53 heavy (non-hydrogen) atoms. The summed E-state index contributed by atoms with van der Waals surface area (Å²) in [7, 11) is 0. The summed E-state index contributed by atoms with van der Waals surface area (Å²) in [6.07, 6.45) is 0. The van der Waals surface area contributed by atoms with E-state index in [0.29, 0.717) is 0 Å². The predicted octanol–water partition coefficient (Wildman–Crippen LogP) is 16.1. The van der Waals surface area contributed by atoms with Gasteiger partial charge in [0, 0.05) is 63.6 Å². The minimum atomic E-state index is 0.955. The van der Waals surface area contributed by atoms with Gasteiger partial charge in [0.2, 0.25) is 0 Å². The van der Waals surface area contributed by atoms with Gasteiger partial charge < -0.3 is 0 Å². The van der Waals surface area contributed by atoms with Crippen LogP contribution in [0.5, 0.6) is 0 Å². The van der Waals surface area contributed by atoms with Crippen LogP contribution in [0.15, 0.2) is 215 Å². The summed E-state index contributed by atoms with van der Waals surface area (Å²) < 4.78 is 0. The lowest BCUT2D eigenvalue weighted by molar-refractivity contribution is 1.19. The smallest absolute Gasteiger partial charge is 0.0144 e. The van der Waals surface area contributed by atoms with Crippen molar-refractivity contribution in [3.05, 3.63) is 174 Å². The van der Waals surface area contributed by atoms with Crippen LogP contribution in [0.25, 0.3) is 0 Å². The summed E-state index contributed by atoms with van der Waals surface area (Å²) in [6, 6.07) is 55.6. The zero-order chi connectivity index (χ0) is 36.7. The zero-order valence-electron chi connectivity index (χ0n) is 29.8. The van der Waals surface area contributed by atoms with Crippen molar-refractivity contribution in [3.8, 4) is 0 Å². The Morgan fingerprint density at radius 1 is 0.245 bits per heavy atom. The van der Waals surface area contributed by atoms with Gasteiger partial charge in [-0.25, -0.2) is 0 Å². The van der Waals surface area contributed by atoms with Gasteiger partial charge in [0.1, 0.15) is 0 Å². The Morgan fingerprint density at radius 2 is 0.415 bits per heavy atom. The Kier molecular flexibility index (Phi) is 13.1. The number of benzene rings is 7. The molecule has 0 heterocycles. The van der Waals surface area contributed by atoms with Gasteiger partial charge in [0.05, 0.1) is 0 Å². The standard InChI is InChI=1S/C46H38S7/c1-30-5-13-35(14-6-30)48-41-24-42(49-36-15-7-31(2)8-16-36)27-45(26-41)52-39-21-34(47)22-40(23-39)53-46-28-43(50-37-17-9-32(3)10-18-37)25-44(29-46)51-38-19-11-33(4)12-20-38/h5-29,47H,1-4H3. The van der Waals surface area contributed by atoms with E-state index in [1.165, 1.54) is 81.0 Å². The van der Waals surface area contributed by atoms with E-state index in [2.05, 4.69) is 179 Å². The maximum Gasteiger partial charge on any atom is 0.0144 e. The monoisotopic (exact) mass is 814 g/mol. The molecule has 7 heteroatoms. The lowest BCUT2D eigenvalue weighted by Gasteiger charge is -2.13. The maximum atomic E-state index is 4.89. The van der Waals surface area contributed by atoms with Gasteiger partial charge in [-0.15, -0.1) is 12.6 Å². The molecule has 0 atom stereocenters. The second kappa shape index (κ2) is 18.1. The largest absolute Gasteiger partial charge is 0.143 e. The van der Waals surface area contributed by atoms with Gasteiger partial charge in [-0.1, -0.05) is 141 Å². The molecule has 0 spiro atoms. The highest BCUT2D eigenvalue weighted by Crippen LogP contribution is 2.43. The molecule has 0 aliphatic carbocycles. The normalized spacial score (nSPS) is 11.2. The molecule has 0 radical (unpaired) electrons. The van der Waals surface area contributed by atoms with Gasteiger partial charge in [-0.3, -0.25) is 0 Å². The van der Waals surface area contributed by atoms with E-state index >= 15 is 0 Å². The number of hydrogen-bond acceptors (Lipinski definition) is 7. The van der Waals surface area contributed by atoms with Crippen LogP contribution in [0.3, 0.4) is 0 Å². The molecule has 7 aromatic rings. The molecule has 0 amide bonds. The van der Waals surface area contributed by atoms with Gasteiger partial charge in [0.25, 0.3) is 0 Å². The molecule has 264 valence electrons. The minimum absolute atomic E-state index is 0.955. The molecule has 0 saturated heterocycles. The highest BCUT2D eigenvalue weighted by atomic mass is 32.2. The molecule has 0 aromatic heterocycles. The lowest BCUT2D eigenvalue weighted by atomic mass is 10.2. The van der Waals surface area contributed by atoms with Crippen LogP contribution in [0, 0.1) is 27.7 Å².